The maximum atomic E-state index is 5.55. The molecule has 0 fully saturated rings. The van der Waals surface area contributed by atoms with E-state index in [1.54, 1.807) is 7.11 Å². The molecule has 0 saturated carbocycles. The summed E-state index contributed by atoms with van der Waals surface area (Å²) in [5.74, 6) is 0.833. The van der Waals surface area contributed by atoms with Gasteiger partial charge in [-0.05, 0) is 31.0 Å². The Kier molecular flexibility index (Phi) is 4.26. The average Bonchev–Trinajstić information content (AvgIpc) is 2.17. The Balaban J connectivity index is 2.78. The van der Waals surface area contributed by atoms with Crippen LogP contribution >= 0.6 is 0 Å². The highest BCUT2D eigenvalue weighted by atomic mass is 16.6. The summed E-state index contributed by atoms with van der Waals surface area (Å²) in [5.41, 5.74) is 4.85. The van der Waals surface area contributed by atoms with Crippen LogP contribution in [0.15, 0.2) is 18.2 Å². The zero-order valence-corrected chi connectivity index (χ0v) is 8.96. The lowest BCUT2D eigenvalue weighted by atomic mass is 10.2. The lowest BCUT2D eigenvalue weighted by Crippen LogP contribution is -2.02. The number of nitrogens with one attached hydrogen (secondary N) is 1. The summed E-state index contributed by atoms with van der Waals surface area (Å²) in [6.45, 7) is 4.84. The molecular formula is C11H17NO2. The summed E-state index contributed by atoms with van der Waals surface area (Å²) in [7, 11) is 1.59. The van der Waals surface area contributed by atoms with E-state index < -0.39 is 0 Å². The fraction of sp³-hybridized carbons (Fsp3) is 0.455. The molecule has 0 amide bonds. The van der Waals surface area contributed by atoms with E-state index >= 15 is 0 Å². The molecule has 0 atom stereocenters. The van der Waals surface area contributed by atoms with Crippen LogP contribution in [-0.4, -0.2) is 13.7 Å². The Hall–Kier alpha value is -1.22. The van der Waals surface area contributed by atoms with Crippen LogP contribution in [0.5, 0.6) is 5.75 Å². The average molecular weight is 195 g/mol. The third-order valence-corrected chi connectivity index (χ3v) is 1.81. The topological polar surface area (TPSA) is 30.5 Å². The molecule has 78 valence electrons. The zero-order valence-electron chi connectivity index (χ0n) is 8.96. The van der Waals surface area contributed by atoms with Gasteiger partial charge in [-0.25, -0.2) is 0 Å². The van der Waals surface area contributed by atoms with Crippen molar-refractivity contribution in [3.05, 3.63) is 23.8 Å². The third-order valence-electron chi connectivity index (χ3n) is 1.81. The normalized spacial score (nSPS) is 9.93. The standard InChI is InChI=1S/C11H17NO2/c1-4-7-14-11-6-5-9(2)8-10(11)12-13-3/h5-6,8,12H,4,7H2,1-3H3. The molecule has 0 aromatic heterocycles. The lowest BCUT2D eigenvalue weighted by Gasteiger charge is -2.11. The van der Waals surface area contributed by atoms with Crippen LogP contribution < -0.4 is 10.2 Å². The van der Waals surface area contributed by atoms with Crippen molar-refractivity contribution in [1.29, 1.82) is 0 Å². The second kappa shape index (κ2) is 5.50. The lowest BCUT2D eigenvalue weighted by molar-refractivity contribution is 0.263. The van der Waals surface area contributed by atoms with E-state index in [2.05, 4.69) is 12.4 Å². The number of ether oxygens (including phenoxy) is 1. The summed E-state index contributed by atoms with van der Waals surface area (Å²) in [6, 6.07) is 5.96. The molecule has 0 radical (unpaired) electrons. The van der Waals surface area contributed by atoms with Gasteiger partial charge in [-0.15, -0.1) is 0 Å². The predicted molar refractivity (Wildman–Crippen MR) is 57.6 cm³/mol. The highest BCUT2D eigenvalue weighted by molar-refractivity contribution is 5.56. The van der Waals surface area contributed by atoms with Crippen molar-refractivity contribution in [2.45, 2.75) is 20.3 Å². The summed E-state index contributed by atoms with van der Waals surface area (Å²) in [4.78, 5) is 4.87. The van der Waals surface area contributed by atoms with Crippen LogP contribution in [0, 0.1) is 6.92 Å². The molecular weight excluding hydrogens is 178 g/mol. The number of rotatable bonds is 5. The second-order valence-electron chi connectivity index (χ2n) is 3.15. The smallest absolute Gasteiger partial charge is 0.144 e. The summed E-state index contributed by atoms with van der Waals surface area (Å²) in [5, 5.41) is 0. The number of anilines is 1. The van der Waals surface area contributed by atoms with E-state index in [4.69, 9.17) is 9.57 Å². The van der Waals surface area contributed by atoms with Crippen molar-refractivity contribution in [2.75, 3.05) is 19.2 Å². The zero-order chi connectivity index (χ0) is 10.4. The van der Waals surface area contributed by atoms with E-state index in [0.717, 1.165) is 24.5 Å². The number of hydrogen-bond acceptors (Lipinski definition) is 3. The first-order valence-electron chi connectivity index (χ1n) is 4.80. The van der Waals surface area contributed by atoms with Crippen LogP contribution in [0.25, 0.3) is 0 Å². The van der Waals surface area contributed by atoms with Gasteiger partial charge >= 0.3 is 0 Å². The van der Waals surface area contributed by atoms with Gasteiger partial charge in [0, 0.05) is 0 Å². The van der Waals surface area contributed by atoms with E-state index in [1.165, 1.54) is 5.56 Å². The fourth-order valence-corrected chi connectivity index (χ4v) is 1.17. The first-order valence-corrected chi connectivity index (χ1v) is 4.80. The van der Waals surface area contributed by atoms with Gasteiger partial charge in [-0.2, -0.15) is 0 Å². The maximum Gasteiger partial charge on any atom is 0.144 e. The molecule has 0 heterocycles. The van der Waals surface area contributed by atoms with Crippen molar-refractivity contribution in [1.82, 2.24) is 0 Å². The number of aryl methyl sites for hydroxylation is 1. The van der Waals surface area contributed by atoms with E-state index in [9.17, 15) is 0 Å². The van der Waals surface area contributed by atoms with Crippen LogP contribution in [0.4, 0.5) is 5.69 Å². The van der Waals surface area contributed by atoms with Gasteiger partial charge in [0.2, 0.25) is 0 Å². The van der Waals surface area contributed by atoms with Gasteiger partial charge in [0.05, 0.1) is 13.7 Å². The Bertz CT molecular complexity index is 287. The van der Waals surface area contributed by atoms with Crippen molar-refractivity contribution in [2.24, 2.45) is 0 Å². The molecule has 0 aliphatic rings. The molecule has 3 nitrogen and oxygen atoms in total. The summed E-state index contributed by atoms with van der Waals surface area (Å²) >= 11 is 0. The van der Waals surface area contributed by atoms with Crippen molar-refractivity contribution >= 4 is 5.69 Å². The predicted octanol–water partition coefficient (Wildman–Crippen LogP) is 2.76. The van der Waals surface area contributed by atoms with Gasteiger partial charge in [-0.1, -0.05) is 13.0 Å². The van der Waals surface area contributed by atoms with Gasteiger partial charge in [0.15, 0.2) is 0 Å². The van der Waals surface area contributed by atoms with E-state index in [0.29, 0.717) is 0 Å². The second-order valence-corrected chi connectivity index (χ2v) is 3.15. The maximum absolute atomic E-state index is 5.55. The molecule has 14 heavy (non-hydrogen) atoms. The molecule has 0 aliphatic heterocycles. The molecule has 0 saturated heterocycles. The van der Waals surface area contributed by atoms with Crippen molar-refractivity contribution in [3.63, 3.8) is 0 Å². The minimum Gasteiger partial charge on any atom is -0.491 e. The molecule has 0 unspecified atom stereocenters. The molecule has 1 aromatic rings. The first-order chi connectivity index (χ1) is 6.77. The highest BCUT2D eigenvalue weighted by Gasteiger charge is 2.02. The summed E-state index contributed by atoms with van der Waals surface area (Å²) < 4.78 is 5.55. The van der Waals surface area contributed by atoms with Crippen LogP contribution in [-0.2, 0) is 4.84 Å². The SMILES string of the molecule is CCCOc1ccc(C)cc1NOC. The quantitative estimate of drug-likeness (QED) is 0.733. The molecule has 1 rings (SSSR count). The van der Waals surface area contributed by atoms with Gasteiger partial charge < -0.3 is 4.74 Å². The molecule has 1 N–H and O–H groups in total. The Morgan fingerprint density at radius 2 is 2.14 bits per heavy atom. The summed E-state index contributed by atoms with van der Waals surface area (Å²) in [6.07, 6.45) is 1.00. The third kappa shape index (κ3) is 2.92. The van der Waals surface area contributed by atoms with Crippen LogP contribution in [0.2, 0.25) is 0 Å². The highest BCUT2D eigenvalue weighted by Crippen LogP contribution is 2.25. The Morgan fingerprint density at radius 1 is 1.36 bits per heavy atom. The van der Waals surface area contributed by atoms with Crippen LogP contribution in [0.3, 0.4) is 0 Å². The largest absolute Gasteiger partial charge is 0.491 e. The van der Waals surface area contributed by atoms with Gasteiger partial charge in [0.25, 0.3) is 0 Å². The number of hydrogen-bond donors (Lipinski definition) is 1. The minimum absolute atomic E-state index is 0.724. The van der Waals surface area contributed by atoms with Gasteiger partial charge in [-0.3, -0.25) is 10.3 Å². The molecule has 0 aliphatic carbocycles. The monoisotopic (exact) mass is 195 g/mol. The number of benzene rings is 1. The van der Waals surface area contributed by atoms with E-state index in [-0.39, 0.29) is 0 Å². The molecule has 3 heteroatoms. The molecule has 0 bridgehead atoms. The molecule has 1 aromatic carbocycles. The Morgan fingerprint density at radius 3 is 2.79 bits per heavy atom. The first kappa shape index (κ1) is 10.9. The van der Waals surface area contributed by atoms with Crippen molar-refractivity contribution in [3.8, 4) is 5.75 Å². The van der Waals surface area contributed by atoms with E-state index in [1.807, 2.05) is 25.1 Å². The minimum atomic E-state index is 0.724. The Labute approximate surface area is 85.0 Å². The fourth-order valence-electron chi connectivity index (χ4n) is 1.17. The van der Waals surface area contributed by atoms with Gasteiger partial charge in [0.1, 0.15) is 11.4 Å². The van der Waals surface area contributed by atoms with Crippen LogP contribution in [0.1, 0.15) is 18.9 Å². The van der Waals surface area contributed by atoms with Crippen molar-refractivity contribution < 1.29 is 9.57 Å². The molecule has 0 spiro atoms.